The molecular weight excluding hydrogens is 270 g/mol. The highest BCUT2D eigenvalue weighted by Crippen LogP contribution is 2.33. The van der Waals surface area contributed by atoms with Gasteiger partial charge in [0.15, 0.2) is 0 Å². The molecule has 1 saturated carbocycles. The van der Waals surface area contributed by atoms with Gasteiger partial charge in [-0.1, -0.05) is 6.92 Å². The van der Waals surface area contributed by atoms with Crippen molar-refractivity contribution in [2.24, 2.45) is 5.92 Å². The minimum Gasteiger partial charge on any atom is -0.388 e. The van der Waals surface area contributed by atoms with Crippen LogP contribution >= 0.6 is 0 Å². The molecule has 2 rings (SSSR count). The summed E-state index contributed by atoms with van der Waals surface area (Å²) in [5.41, 5.74) is -0.275. The summed E-state index contributed by atoms with van der Waals surface area (Å²) in [6.07, 6.45) is 3.29. The molecule has 0 aromatic heterocycles. The number of nitro groups is 1. The molecule has 6 nitrogen and oxygen atoms in total. The maximum Gasteiger partial charge on any atom is 0.292 e. The van der Waals surface area contributed by atoms with Gasteiger partial charge in [-0.2, -0.15) is 5.26 Å². The number of anilines is 1. The van der Waals surface area contributed by atoms with Crippen LogP contribution in [0.3, 0.4) is 0 Å². The molecule has 21 heavy (non-hydrogen) atoms. The van der Waals surface area contributed by atoms with Crippen LogP contribution in [0.4, 0.5) is 11.4 Å². The van der Waals surface area contributed by atoms with E-state index in [0.717, 1.165) is 12.8 Å². The number of nitrogens with one attached hydrogen (secondary N) is 1. The molecule has 1 aromatic carbocycles. The first-order valence-corrected chi connectivity index (χ1v) is 7.08. The predicted octanol–water partition coefficient (Wildman–Crippen LogP) is 2.82. The molecule has 0 aliphatic heterocycles. The van der Waals surface area contributed by atoms with Crippen LogP contribution < -0.4 is 5.32 Å². The van der Waals surface area contributed by atoms with Gasteiger partial charge in [0.25, 0.3) is 5.69 Å². The smallest absolute Gasteiger partial charge is 0.292 e. The topological polar surface area (TPSA) is 99.2 Å². The molecule has 112 valence electrons. The average molecular weight is 289 g/mol. The Morgan fingerprint density at radius 1 is 1.52 bits per heavy atom. The largest absolute Gasteiger partial charge is 0.388 e. The van der Waals surface area contributed by atoms with Crippen LogP contribution in [-0.2, 0) is 0 Å². The summed E-state index contributed by atoms with van der Waals surface area (Å²) in [6.45, 7) is 2.42. The van der Waals surface area contributed by atoms with Crippen molar-refractivity contribution in [3.05, 3.63) is 33.9 Å². The minimum atomic E-state index is -0.830. The Labute approximate surface area is 123 Å². The van der Waals surface area contributed by atoms with Gasteiger partial charge in [0.05, 0.1) is 22.2 Å². The lowest BCUT2D eigenvalue weighted by Crippen LogP contribution is -2.40. The van der Waals surface area contributed by atoms with Crippen molar-refractivity contribution in [3.8, 4) is 6.07 Å². The van der Waals surface area contributed by atoms with Crippen molar-refractivity contribution in [1.82, 2.24) is 0 Å². The number of nitro benzene ring substituents is 1. The van der Waals surface area contributed by atoms with E-state index < -0.39 is 10.5 Å². The molecular formula is C15H19N3O3. The van der Waals surface area contributed by atoms with Crippen LogP contribution in [0.1, 0.15) is 38.2 Å². The lowest BCUT2D eigenvalue weighted by molar-refractivity contribution is -0.384. The molecule has 6 heteroatoms. The summed E-state index contributed by atoms with van der Waals surface area (Å²) in [5.74, 6) is 0.613. The van der Waals surface area contributed by atoms with Gasteiger partial charge in [-0.3, -0.25) is 10.1 Å². The van der Waals surface area contributed by atoms with E-state index in [1.54, 1.807) is 0 Å². The molecule has 1 fully saturated rings. The standard InChI is InChI=1S/C15H19N3O3/c1-11-4-6-15(19,7-5-11)10-17-13-8-12(9-16)2-3-14(13)18(20)21/h2-3,8,11,17,19H,4-7,10H2,1H3. The zero-order valence-corrected chi connectivity index (χ0v) is 12.0. The SMILES string of the molecule is CC1CCC(O)(CNc2cc(C#N)ccc2[N+](=O)[O-])CC1. The molecule has 1 aliphatic carbocycles. The van der Waals surface area contributed by atoms with E-state index in [0.29, 0.717) is 24.3 Å². The Bertz CT molecular complexity index is 572. The van der Waals surface area contributed by atoms with E-state index in [9.17, 15) is 15.2 Å². The summed E-state index contributed by atoms with van der Waals surface area (Å²) < 4.78 is 0. The quantitative estimate of drug-likeness (QED) is 0.656. The number of rotatable bonds is 4. The second-order valence-electron chi connectivity index (χ2n) is 5.86. The van der Waals surface area contributed by atoms with Crippen LogP contribution in [0, 0.1) is 27.4 Å². The molecule has 0 atom stereocenters. The number of nitrogens with zero attached hydrogens (tertiary/aromatic N) is 2. The monoisotopic (exact) mass is 289 g/mol. The van der Waals surface area contributed by atoms with Gasteiger partial charge in [-0.05, 0) is 43.7 Å². The second kappa shape index (κ2) is 6.10. The molecule has 1 aromatic rings. The van der Waals surface area contributed by atoms with Crippen LogP contribution in [0.2, 0.25) is 0 Å². The van der Waals surface area contributed by atoms with E-state index in [4.69, 9.17) is 5.26 Å². The van der Waals surface area contributed by atoms with Crippen molar-refractivity contribution in [3.63, 3.8) is 0 Å². The highest BCUT2D eigenvalue weighted by Gasteiger charge is 2.32. The molecule has 0 saturated heterocycles. The van der Waals surface area contributed by atoms with Gasteiger partial charge >= 0.3 is 0 Å². The molecule has 0 amide bonds. The first-order chi connectivity index (χ1) is 9.93. The molecule has 0 bridgehead atoms. The third-order valence-corrected chi connectivity index (χ3v) is 4.14. The number of hydrogen-bond acceptors (Lipinski definition) is 5. The summed E-state index contributed by atoms with van der Waals surface area (Å²) >= 11 is 0. The fourth-order valence-corrected chi connectivity index (χ4v) is 2.64. The van der Waals surface area contributed by atoms with Gasteiger partial charge in [-0.25, -0.2) is 0 Å². The Kier molecular flexibility index (Phi) is 4.43. The van der Waals surface area contributed by atoms with Crippen molar-refractivity contribution in [2.45, 2.75) is 38.2 Å². The second-order valence-corrected chi connectivity index (χ2v) is 5.86. The molecule has 1 aliphatic rings. The Morgan fingerprint density at radius 3 is 2.76 bits per heavy atom. The maximum atomic E-state index is 11.0. The van der Waals surface area contributed by atoms with Crippen molar-refractivity contribution >= 4 is 11.4 Å². The van der Waals surface area contributed by atoms with Crippen LogP contribution in [-0.4, -0.2) is 22.2 Å². The normalized spacial score (nSPS) is 25.1. The third-order valence-electron chi connectivity index (χ3n) is 4.14. The summed E-state index contributed by atoms with van der Waals surface area (Å²) in [4.78, 5) is 10.5. The van der Waals surface area contributed by atoms with E-state index in [2.05, 4.69) is 12.2 Å². The first kappa shape index (κ1) is 15.3. The maximum absolute atomic E-state index is 11.0. The predicted molar refractivity (Wildman–Crippen MR) is 78.9 cm³/mol. The van der Waals surface area contributed by atoms with E-state index >= 15 is 0 Å². The molecule has 2 N–H and O–H groups in total. The molecule has 0 radical (unpaired) electrons. The van der Waals surface area contributed by atoms with E-state index in [1.807, 2.05) is 6.07 Å². The van der Waals surface area contributed by atoms with Crippen LogP contribution in [0.15, 0.2) is 18.2 Å². The Hall–Kier alpha value is -2.13. The Morgan fingerprint density at radius 2 is 2.19 bits per heavy atom. The molecule has 0 spiro atoms. The lowest BCUT2D eigenvalue weighted by Gasteiger charge is -2.35. The van der Waals surface area contributed by atoms with E-state index in [1.165, 1.54) is 18.2 Å². The van der Waals surface area contributed by atoms with E-state index in [-0.39, 0.29) is 17.9 Å². The average Bonchev–Trinajstić information content (AvgIpc) is 2.48. The summed E-state index contributed by atoms with van der Waals surface area (Å²) in [6, 6.07) is 6.14. The highest BCUT2D eigenvalue weighted by atomic mass is 16.6. The zero-order valence-electron chi connectivity index (χ0n) is 12.0. The van der Waals surface area contributed by atoms with Gasteiger partial charge in [0, 0.05) is 12.6 Å². The summed E-state index contributed by atoms with van der Waals surface area (Å²) in [7, 11) is 0. The Balaban J connectivity index is 2.12. The minimum absolute atomic E-state index is 0.0817. The lowest BCUT2D eigenvalue weighted by atomic mass is 9.79. The van der Waals surface area contributed by atoms with Crippen LogP contribution in [0.5, 0.6) is 0 Å². The van der Waals surface area contributed by atoms with Crippen molar-refractivity contribution in [1.29, 1.82) is 5.26 Å². The molecule has 0 unspecified atom stereocenters. The van der Waals surface area contributed by atoms with Crippen molar-refractivity contribution < 1.29 is 10.0 Å². The fraction of sp³-hybridized carbons (Fsp3) is 0.533. The number of benzene rings is 1. The van der Waals surface area contributed by atoms with Gasteiger partial charge < -0.3 is 10.4 Å². The number of aliphatic hydroxyl groups is 1. The van der Waals surface area contributed by atoms with Gasteiger partial charge in [0.1, 0.15) is 5.69 Å². The van der Waals surface area contributed by atoms with Gasteiger partial charge in [-0.15, -0.1) is 0 Å². The van der Waals surface area contributed by atoms with Crippen LogP contribution in [0.25, 0.3) is 0 Å². The summed E-state index contributed by atoms with van der Waals surface area (Å²) in [5, 5.41) is 33.4. The third kappa shape index (κ3) is 3.70. The van der Waals surface area contributed by atoms with Gasteiger partial charge in [0.2, 0.25) is 0 Å². The number of nitriles is 1. The molecule has 0 heterocycles. The highest BCUT2D eigenvalue weighted by molar-refractivity contribution is 5.64. The van der Waals surface area contributed by atoms with Crippen molar-refractivity contribution in [2.75, 3.05) is 11.9 Å². The zero-order chi connectivity index (χ0) is 15.5. The number of hydrogen-bond donors (Lipinski definition) is 2. The first-order valence-electron chi connectivity index (χ1n) is 7.08. The fourth-order valence-electron chi connectivity index (χ4n) is 2.64.